The van der Waals surface area contributed by atoms with E-state index in [4.69, 9.17) is 4.74 Å². The third kappa shape index (κ3) is 4.80. The topological polar surface area (TPSA) is 80.3 Å². The van der Waals surface area contributed by atoms with Crippen LogP contribution < -0.4 is 15.6 Å². The second-order valence-corrected chi connectivity index (χ2v) is 6.84. The van der Waals surface area contributed by atoms with Crippen LogP contribution in [0.3, 0.4) is 0 Å². The molecule has 0 spiro atoms. The molecule has 2 N–H and O–H groups in total. The highest BCUT2D eigenvalue weighted by molar-refractivity contribution is 7.18. The number of nitrogens with zero attached hydrogens (tertiary/aromatic N) is 1. The van der Waals surface area contributed by atoms with Crippen LogP contribution in [0.5, 0.6) is 5.75 Å². The summed E-state index contributed by atoms with van der Waals surface area (Å²) < 4.78 is 6.52. The SMILES string of the molecule is Cc1ccccc1OCC(=O)NNC(=O)CCc1nc2ccccc2s1. The average molecular weight is 369 g/mol. The molecular weight excluding hydrogens is 350 g/mol. The Hall–Kier alpha value is -2.93. The molecule has 0 aliphatic carbocycles. The Kier molecular flexibility index (Phi) is 5.80. The molecule has 7 heteroatoms. The van der Waals surface area contributed by atoms with E-state index in [1.54, 1.807) is 17.4 Å². The number of thiazole rings is 1. The lowest BCUT2D eigenvalue weighted by Crippen LogP contribution is -2.43. The lowest BCUT2D eigenvalue weighted by molar-refractivity contribution is -0.130. The first kappa shape index (κ1) is 17.9. The summed E-state index contributed by atoms with van der Waals surface area (Å²) in [4.78, 5) is 28.1. The van der Waals surface area contributed by atoms with Crippen molar-refractivity contribution in [2.24, 2.45) is 0 Å². The number of aryl methyl sites for hydroxylation is 2. The van der Waals surface area contributed by atoms with Gasteiger partial charge in [0, 0.05) is 12.8 Å². The first-order valence-electron chi connectivity index (χ1n) is 8.22. The number of benzene rings is 2. The van der Waals surface area contributed by atoms with Crippen LogP contribution in [0.2, 0.25) is 0 Å². The highest BCUT2D eigenvalue weighted by Crippen LogP contribution is 2.22. The van der Waals surface area contributed by atoms with E-state index < -0.39 is 5.91 Å². The van der Waals surface area contributed by atoms with Gasteiger partial charge in [0.1, 0.15) is 5.75 Å². The fourth-order valence-corrected chi connectivity index (χ4v) is 3.31. The lowest BCUT2D eigenvalue weighted by Gasteiger charge is -2.10. The van der Waals surface area contributed by atoms with Gasteiger partial charge in [0.15, 0.2) is 6.61 Å². The molecule has 6 nitrogen and oxygen atoms in total. The molecule has 0 bridgehead atoms. The number of para-hydroxylation sites is 2. The number of hydrazine groups is 1. The molecule has 1 aromatic heterocycles. The van der Waals surface area contributed by atoms with Crippen molar-refractivity contribution < 1.29 is 14.3 Å². The van der Waals surface area contributed by atoms with Crippen molar-refractivity contribution in [2.45, 2.75) is 19.8 Å². The van der Waals surface area contributed by atoms with Crippen LogP contribution in [-0.2, 0) is 16.0 Å². The summed E-state index contributed by atoms with van der Waals surface area (Å²) in [6.45, 7) is 1.74. The molecule has 0 unspecified atom stereocenters. The van der Waals surface area contributed by atoms with Crippen molar-refractivity contribution >= 4 is 33.4 Å². The number of aromatic nitrogens is 1. The molecule has 3 rings (SSSR count). The van der Waals surface area contributed by atoms with Crippen molar-refractivity contribution in [3.8, 4) is 5.75 Å². The number of ether oxygens (including phenoxy) is 1. The molecule has 1 heterocycles. The summed E-state index contributed by atoms with van der Waals surface area (Å²) in [6, 6.07) is 15.3. The quantitative estimate of drug-likeness (QED) is 0.655. The zero-order valence-corrected chi connectivity index (χ0v) is 15.1. The molecule has 134 valence electrons. The number of hydrogen-bond acceptors (Lipinski definition) is 5. The number of hydrogen-bond donors (Lipinski definition) is 2. The van der Waals surface area contributed by atoms with Gasteiger partial charge in [-0.1, -0.05) is 30.3 Å². The third-order valence-electron chi connectivity index (χ3n) is 3.70. The van der Waals surface area contributed by atoms with Crippen LogP contribution in [0.4, 0.5) is 0 Å². The Morgan fingerprint density at radius 2 is 1.77 bits per heavy atom. The average Bonchev–Trinajstić information content (AvgIpc) is 3.07. The molecule has 26 heavy (non-hydrogen) atoms. The van der Waals surface area contributed by atoms with Crippen molar-refractivity contribution in [3.63, 3.8) is 0 Å². The van der Waals surface area contributed by atoms with Gasteiger partial charge in [-0.2, -0.15) is 0 Å². The van der Waals surface area contributed by atoms with Gasteiger partial charge < -0.3 is 4.74 Å². The maximum atomic E-state index is 11.9. The zero-order valence-electron chi connectivity index (χ0n) is 14.3. The Morgan fingerprint density at radius 3 is 2.58 bits per heavy atom. The normalized spacial score (nSPS) is 10.5. The molecule has 0 radical (unpaired) electrons. The molecule has 3 aromatic rings. The van der Waals surface area contributed by atoms with E-state index in [1.165, 1.54) is 0 Å². The van der Waals surface area contributed by atoms with Gasteiger partial charge in [-0.25, -0.2) is 4.98 Å². The lowest BCUT2D eigenvalue weighted by atomic mass is 10.2. The summed E-state index contributed by atoms with van der Waals surface area (Å²) in [5.41, 5.74) is 6.63. The van der Waals surface area contributed by atoms with Crippen LogP contribution in [0.1, 0.15) is 17.0 Å². The zero-order chi connectivity index (χ0) is 18.4. The third-order valence-corrected chi connectivity index (χ3v) is 4.79. The van der Waals surface area contributed by atoms with Crippen molar-refractivity contribution in [2.75, 3.05) is 6.61 Å². The minimum absolute atomic E-state index is 0.164. The molecule has 0 aliphatic rings. The van der Waals surface area contributed by atoms with Gasteiger partial charge in [0.2, 0.25) is 5.91 Å². The number of rotatable bonds is 6. The van der Waals surface area contributed by atoms with E-state index in [-0.39, 0.29) is 18.9 Å². The number of fused-ring (bicyclic) bond motifs is 1. The summed E-state index contributed by atoms with van der Waals surface area (Å²) >= 11 is 1.57. The molecule has 0 saturated carbocycles. The van der Waals surface area contributed by atoms with Crippen molar-refractivity contribution in [1.29, 1.82) is 0 Å². The van der Waals surface area contributed by atoms with Crippen LogP contribution in [0, 0.1) is 6.92 Å². The molecule has 2 aromatic carbocycles. The fraction of sp³-hybridized carbons (Fsp3) is 0.211. The highest BCUT2D eigenvalue weighted by atomic mass is 32.1. The van der Waals surface area contributed by atoms with Crippen LogP contribution in [0.25, 0.3) is 10.2 Å². The number of nitrogens with one attached hydrogen (secondary N) is 2. The first-order chi connectivity index (χ1) is 12.6. The molecule has 0 atom stereocenters. The molecular formula is C19H19N3O3S. The Balaban J connectivity index is 1.39. The standard InChI is InChI=1S/C19H19N3O3S/c1-13-6-2-4-8-15(13)25-12-18(24)22-21-17(23)10-11-19-20-14-7-3-5-9-16(14)26-19/h2-9H,10-12H2,1H3,(H,21,23)(H,22,24). The molecule has 0 saturated heterocycles. The minimum atomic E-state index is -0.415. The first-order valence-corrected chi connectivity index (χ1v) is 9.04. The van der Waals surface area contributed by atoms with Gasteiger partial charge in [0.25, 0.3) is 5.91 Å². The molecule has 2 amide bonds. The minimum Gasteiger partial charge on any atom is -0.483 e. The Morgan fingerprint density at radius 1 is 1.04 bits per heavy atom. The van der Waals surface area contributed by atoms with E-state index in [0.29, 0.717) is 12.2 Å². The summed E-state index contributed by atoms with van der Waals surface area (Å²) in [6.07, 6.45) is 0.777. The van der Waals surface area contributed by atoms with Gasteiger partial charge >= 0.3 is 0 Å². The maximum Gasteiger partial charge on any atom is 0.276 e. The van der Waals surface area contributed by atoms with Gasteiger partial charge in [0.05, 0.1) is 15.2 Å². The highest BCUT2D eigenvalue weighted by Gasteiger charge is 2.09. The van der Waals surface area contributed by atoms with Gasteiger partial charge in [-0.3, -0.25) is 20.4 Å². The number of carbonyl (C=O) groups excluding carboxylic acids is 2. The molecule has 0 fully saturated rings. The largest absolute Gasteiger partial charge is 0.483 e. The molecule has 0 aliphatic heterocycles. The summed E-state index contributed by atoms with van der Waals surface area (Å²) in [7, 11) is 0. The Labute approximate surface area is 155 Å². The predicted molar refractivity (Wildman–Crippen MR) is 101 cm³/mol. The van der Waals surface area contributed by atoms with Crippen LogP contribution in [-0.4, -0.2) is 23.4 Å². The second kappa shape index (κ2) is 8.44. The maximum absolute atomic E-state index is 11.9. The summed E-state index contributed by atoms with van der Waals surface area (Å²) in [5, 5.41) is 0.899. The van der Waals surface area contributed by atoms with E-state index >= 15 is 0 Å². The smallest absolute Gasteiger partial charge is 0.276 e. The van der Waals surface area contributed by atoms with Crippen molar-refractivity contribution in [1.82, 2.24) is 15.8 Å². The van der Waals surface area contributed by atoms with E-state index in [9.17, 15) is 9.59 Å². The van der Waals surface area contributed by atoms with E-state index in [1.807, 2.05) is 49.4 Å². The van der Waals surface area contributed by atoms with Crippen LogP contribution >= 0.6 is 11.3 Å². The van der Waals surface area contributed by atoms with E-state index in [2.05, 4.69) is 15.8 Å². The monoisotopic (exact) mass is 369 g/mol. The van der Waals surface area contributed by atoms with Crippen LogP contribution in [0.15, 0.2) is 48.5 Å². The predicted octanol–water partition coefficient (Wildman–Crippen LogP) is 2.76. The number of carbonyl (C=O) groups is 2. The Bertz CT molecular complexity index is 890. The summed E-state index contributed by atoms with van der Waals surface area (Å²) in [5.74, 6) is -0.0418. The van der Waals surface area contributed by atoms with Crippen molar-refractivity contribution in [3.05, 3.63) is 59.1 Å². The van der Waals surface area contributed by atoms with Gasteiger partial charge in [-0.05, 0) is 30.7 Å². The fourth-order valence-electron chi connectivity index (χ4n) is 2.35. The second-order valence-electron chi connectivity index (χ2n) is 5.73. The van der Waals surface area contributed by atoms with E-state index in [0.717, 1.165) is 20.8 Å². The van der Waals surface area contributed by atoms with Gasteiger partial charge in [-0.15, -0.1) is 11.3 Å². The number of amides is 2.